The van der Waals surface area contributed by atoms with Gasteiger partial charge in [0.05, 0.1) is 6.61 Å². The van der Waals surface area contributed by atoms with Crippen LogP contribution < -0.4 is 0 Å². The van der Waals surface area contributed by atoms with Crippen LogP contribution in [0.2, 0.25) is 0 Å². The van der Waals surface area contributed by atoms with E-state index >= 15 is 0 Å². The molecule has 1 aromatic rings. The van der Waals surface area contributed by atoms with Crippen LogP contribution in [0, 0.1) is 5.41 Å². The lowest BCUT2D eigenvalue weighted by Gasteiger charge is -2.13. The van der Waals surface area contributed by atoms with Gasteiger partial charge in [0.25, 0.3) is 0 Å². The van der Waals surface area contributed by atoms with Crippen molar-refractivity contribution in [1.82, 2.24) is 0 Å². The average Bonchev–Trinajstić information content (AvgIpc) is 2.18. The van der Waals surface area contributed by atoms with Crippen LogP contribution in [0.15, 0.2) is 28.7 Å². The number of benzene rings is 1. The summed E-state index contributed by atoms with van der Waals surface area (Å²) in [6, 6.07) is 7.23. The zero-order valence-electron chi connectivity index (χ0n) is 7.83. The molecule has 0 unspecified atom stereocenters. The minimum Gasteiger partial charge on any atom is -0.479 e. The highest BCUT2D eigenvalue weighted by atomic mass is 79.9. The molecule has 0 aliphatic carbocycles. The second kappa shape index (κ2) is 5.12. The van der Waals surface area contributed by atoms with E-state index in [0.29, 0.717) is 12.2 Å². The molecular formula is C10H12BrNO2. The SMILES string of the molecule is CCOC(=N)[C@@H](O)c1ccccc1Br. The van der Waals surface area contributed by atoms with Gasteiger partial charge in [0.15, 0.2) is 6.10 Å². The molecule has 0 amide bonds. The Morgan fingerprint density at radius 2 is 2.21 bits per heavy atom. The zero-order chi connectivity index (χ0) is 10.6. The Hall–Kier alpha value is -0.870. The van der Waals surface area contributed by atoms with Crippen LogP contribution in [0.3, 0.4) is 0 Å². The van der Waals surface area contributed by atoms with Gasteiger partial charge in [-0.3, -0.25) is 5.41 Å². The van der Waals surface area contributed by atoms with Crippen molar-refractivity contribution in [2.24, 2.45) is 0 Å². The Bertz CT molecular complexity index is 328. The summed E-state index contributed by atoms with van der Waals surface area (Å²) in [7, 11) is 0. The molecule has 0 spiro atoms. The van der Waals surface area contributed by atoms with Crippen LogP contribution >= 0.6 is 15.9 Å². The van der Waals surface area contributed by atoms with Gasteiger partial charge in [-0.15, -0.1) is 0 Å². The van der Waals surface area contributed by atoms with Crippen LogP contribution in [-0.4, -0.2) is 17.6 Å². The lowest BCUT2D eigenvalue weighted by molar-refractivity contribution is 0.190. The standard InChI is InChI=1S/C10H12BrNO2/c1-2-14-10(12)9(13)7-5-3-4-6-8(7)11/h3-6,9,12-13H,2H2,1H3/t9-/m0/s1. The summed E-state index contributed by atoms with van der Waals surface area (Å²) in [5.41, 5.74) is 0.644. The van der Waals surface area contributed by atoms with E-state index in [-0.39, 0.29) is 5.90 Å². The Balaban J connectivity index is 2.84. The van der Waals surface area contributed by atoms with E-state index in [4.69, 9.17) is 10.1 Å². The normalized spacial score (nSPS) is 12.2. The highest BCUT2D eigenvalue weighted by Gasteiger charge is 2.16. The maximum atomic E-state index is 9.72. The maximum Gasteiger partial charge on any atom is 0.214 e. The summed E-state index contributed by atoms with van der Waals surface area (Å²) in [5, 5.41) is 17.2. The molecule has 0 aromatic heterocycles. The van der Waals surface area contributed by atoms with Gasteiger partial charge in [0.1, 0.15) is 0 Å². The fourth-order valence-corrected chi connectivity index (χ4v) is 1.57. The minimum absolute atomic E-state index is 0.126. The van der Waals surface area contributed by atoms with Crippen LogP contribution in [0.25, 0.3) is 0 Å². The molecule has 0 aliphatic heterocycles. The molecule has 0 aliphatic rings. The predicted octanol–water partition coefficient (Wildman–Crippen LogP) is 2.50. The molecule has 14 heavy (non-hydrogen) atoms. The van der Waals surface area contributed by atoms with E-state index in [0.717, 1.165) is 4.47 Å². The van der Waals surface area contributed by atoms with Crippen molar-refractivity contribution in [3.63, 3.8) is 0 Å². The molecule has 0 saturated heterocycles. The zero-order valence-corrected chi connectivity index (χ0v) is 9.41. The Morgan fingerprint density at radius 3 is 2.79 bits per heavy atom. The molecule has 76 valence electrons. The van der Waals surface area contributed by atoms with Gasteiger partial charge in [-0.1, -0.05) is 34.1 Å². The number of aliphatic hydroxyl groups excluding tert-OH is 1. The number of hydrogen-bond donors (Lipinski definition) is 2. The summed E-state index contributed by atoms with van der Waals surface area (Å²) in [6.45, 7) is 2.17. The highest BCUT2D eigenvalue weighted by Crippen LogP contribution is 2.23. The van der Waals surface area contributed by atoms with Crippen molar-refractivity contribution < 1.29 is 9.84 Å². The van der Waals surface area contributed by atoms with Crippen molar-refractivity contribution >= 4 is 21.8 Å². The molecule has 1 rings (SSSR count). The molecule has 4 heteroatoms. The first-order valence-electron chi connectivity index (χ1n) is 4.30. The number of ether oxygens (including phenoxy) is 1. The molecule has 2 N–H and O–H groups in total. The van der Waals surface area contributed by atoms with Crippen molar-refractivity contribution in [2.75, 3.05) is 6.61 Å². The van der Waals surface area contributed by atoms with Crippen LogP contribution in [0.4, 0.5) is 0 Å². The van der Waals surface area contributed by atoms with Crippen LogP contribution in [-0.2, 0) is 4.74 Å². The lowest BCUT2D eigenvalue weighted by Crippen LogP contribution is -2.14. The molecule has 0 bridgehead atoms. The summed E-state index contributed by atoms with van der Waals surface area (Å²) in [6.07, 6.45) is -0.995. The number of nitrogens with one attached hydrogen (secondary N) is 1. The Labute approximate surface area is 91.4 Å². The van der Waals surface area contributed by atoms with E-state index in [1.807, 2.05) is 18.2 Å². The fourth-order valence-electron chi connectivity index (χ4n) is 1.07. The van der Waals surface area contributed by atoms with Crippen LogP contribution in [0.1, 0.15) is 18.6 Å². The van der Waals surface area contributed by atoms with Crippen molar-refractivity contribution in [1.29, 1.82) is 5.41 Å². The summed E-state index contributed by atoms with van der Waals surface area (Å²) in [5.74, 6) is -0.126. The average molecular weight is 258 g/mol. The minimum atomic E-state index is -0.995. The van der Waals surface area contributed by atoms with Gasteiger partial charge in [0, 0.05) is 10.0 Å². The van der Waals surface area contributed by atoms with E-state index in [1.54, 1.807) is 13.0 Å². The van der Waals surface area contributed by atoms with Crippen LogP contribution in [0.5, 0.6) is 0 Å². The first-order valence-corrected chi connectivity index (χ1v) is 5.09. The van der Waals surface area contributed by atoms with E-state index in [9.17, 15) is 5.11 Å². The van der Waals surface area contributed by atoms with Crippen molar-refractivity contribution in [2.45, 2.75) is 13.0 Å². The van der Waals surface area contributed by atoms with Gasteiger partial charge < -0.3 is 9.84 Å². The van der Waals surface area contributed by atoms with Gasteiger partial charge in [-0.2, -0.15) is 0 Å². The molecule has 0 saturated carbocycles. The lowest BCUT2D eigenvalue weighted by atomic mass is 10.1. The molecule has 1 atom stereocenters. The van der Waals surface area contributed by atoms with Crippen molar-refractivity contribution in [3.8, 4) is 0 Å². The Kier molecular flexibility index (Phi) is 4.10. The second-order valence-electron chi connectivity index (χ2n) is 2.72. The largest absolute Gasteiger partial charge is 0.479 e. The molecule has 3 nitrogen and oxygen atoms in total. The summed E-state index contributed by atoms with van der Waals surface area (Å²) < 4.78 is 5.70. The number of aliphatic hydroxyl groups is 1. The number of hydrogen-bond acceptors (Lipinski definition) is 3. The monoisotopic (exact) mass is 257 g/mol. The molecule has 0 radical (unpaired) electrons. The second-order valence-corrected chi connectivity index (χ2v) is 3.58. The first kappa shape index (κ1) is 11.2. The predicted molar refractivity (Wildman–Crippen MR) is 58.5 cm³/mol. The quantitative estimate of drug-likeness (QED) is 0.646. The van der Waals surface area contributed by atoms with Gasteiger partial charge in [-0.25, -0.2) is 0 Å². The Morgan fingerprint density at radius 1 is 1.57 bits per heavy atom. The highest BCUT2D eigenvalue weighted by molar-refractivity contribution is 9.10. The molecule has 0 fully saturated rings. The third kappa shape index (κ3) is 2.56. The number of rotatable bonds is 3. The van der Waals surface area contributed by atoms with Gasteiger partial charge in [0.2, 0.25) is 5.90 Å². The fraction of sp³-hybridized carbons (Fsp3) is 0.300. The smallest absolute Gasteiger partial charge is 0.214 e. The van der Waals surface area contributed by atoms with Gasteiger partial charge in [-0.05, 0) is 13.0 Å². The maximum absolute atomic E-state index is 9.72. The summed E-state index contributed by atoms with van der Waals surface area (Å²) in [4.78, 5) is 0. The van der Waals surface area contributed by atoms with Crippen molar-refractivity contribution in [3.05, 3.63) is 34.3 Å². The third-order valence-electron chi connectivity index (χ3n) is 1.75. The molecule has 1 aromatic carbocycles. The molecular weight excluding hydrogens is 246 g/mol. The first-order chi connectivity index (χ1) is 6.66. The summed E-state index contributed by atoms with van der Waals surface area (Å²) >= 11 is 3.30. The van der Waals surface area contributed by atoms with Gasteiger partial charge >= 0.3 is 0 Å². The topological polar surface area (TPSA) is 53.3 Å². The van der Waals surface area contributed by atoms with E-state index < -0.39 is 6.10 Å². The van der Waals surface area contributed by atoms with E-state index in [1.165, 1.54) is 0 Å². The van der Waals surface area contributed by atoms with E-state index in [2.05, 4.69) is 15.9 Å². The number of halogens is 1. The third-order valence-corrected chi connectivity index (χ3v) is 2.47. The molecule has 0 heterocycles.